The topological polar surface area (TPSA) is 58.6 Å². The lowest BCUT2D eigenvalue weighted by Gasteiger charge is -2.36. The highest BCUT2D eigenvalue weighted by Crippen LogP contribution is 2.20. The van der Waals surface area contributed by atoms with Gasteiger partial charge in [-0.1, -0.05) is 0 Å². The molecule has 1 amide bonds. The second-order valence-electron chi connectivity index (χ2n) is 4.48. The van der Waals surface area contributed by atoms with Crippen molar-refractivity contribution >= 4 is 24.3 Å². The van der Waals surface area contributed by atoms with Crippen molar-refractivity contribution in [1.29, 1.82) is 0 Å². The maximum atomic E-state index is 11.9. The van der Waals surface area contributed by atoms with Crippen LogP contribution >= 0.6 is 12.4 Å². The number of amides is 1. The van der Waals surface area contributed by atoms with Crippen LogP contribution in [0.15, 0.2) is 0 Å². The minimum absolute atomic E-state index is 0. The van der Waals surface area contributed by atoms with E-state index >= 15 is 0 Å². The summed E-state index contributed by atoms with van der Waals surface area (Å²) in [6.07, 6.45) is 1.47. The largest absolute Gasteiger partial charge is 0.469 e. The van der Waals surface area contributed by atoms with Gasteiger partial charge in [0.25, 0.3) is 0 Å². The zero-order chi connectivity index (χ0) is 11.5. The minimum atomic E-state index is -0.141. The zero-order valence-corrected chi connectivity index (χ0v) is 10.8. The molecule has 5 nitrogen and oxygen atoms in total. The van der Waals surface area contributed by atoms with Gasteiger partial charge in [-0.3, -0.25) is 9.59 Å². The van der Waals surface area contributed by atoms with Crippen LogP contribution in [0.25, 0.3) is 0 Å². The number of esters is 1. The average molecular weight is 263 g/mol. The quantitative estimate of drug-likeness (QED) is 0.714. The molecule has 2 aliphatic rings. The number of nitrogens with zero attached hydrogens (tertiary/aromatic N) is 1. The minimum Gasteiger partial charge on any atom is -0.469 e. The van der Waals surface area contributed by atoms with Gasteiger partial charge in [0.1, 0.15) is 0 Å². The van der Waals surface area contributed by atoms with Crippen LogP contribution in [0.5, 0.6) is 0 Å². The summed E-state index contributed by atoms with van der Waals surface area (Å²) in [5.74, 6) is 0.239. The monoisotopic (exact) mass is 262 g/mol. The van der Waals surface area contributed by atoms with Gasteiger partial charge in [-0.15, -0.1) is 12.4 Å². The molecular weight excluding hydrogens is 244 g/mol. The van der Waals surface area contributed by atoms with Crippen LogP contribution in [0.4, 0.5) is 0 Å². The Morgan fingerprint density at radius 2 is 1.76 bits per heavy atom. The lowest BCUT2D eigenvalue weighted by atomic mass is 9.94. The van der Waals surface area contributed by atoms with E-state index in [2.05, 4.69) is 5.32 Å². The SMILES string of the molecule is COC(=O)C1CCN(C(=O)C2CNC2)CC1.Cl. The van der Waals surface area contributed by atoms with E-state index in [1.807, 2.05) is 4.90 Å². The Hall–Kier alpha value is -0.810. The number of halogens is 1. The van der Waals surface area contributed by atoms with Gasteiger partial charge in [0.15, 0.2) is 0 Å². The number of methoxy groups -OCH3 is 1. The molecule has 0 bridgehead atoms. The predicted octanol–water partition coefficient (Wildman–Crippen LogP) is 0.0392. The normalized spacial score (nSPS) is 21.4. The van der Waals surface area contributed by atoms with Gasteiger partial charge in [0.05, 0.1) is 18.9 Å². The molecule has 2 rings (SSSR count). The number of carbonyl (C=O) groups excluding carboxylic acids is 2. The molecule has 2 saturated heterocycles. The van der Waals surface area contributed by atoms with Crippen LogP contribution < -0.4 is 5.32 Å². The molecular formula is C11H19ClN2O3. The highest BCUT2D eigenvalue weighted by atomic mass is 35.5. The molecule has 0 radical (unpaired) electrons. The summed E-state index contributed by atoms with van der Waals surface area (Å²) in [7, 11) is 1.42. The second kappa shape index (κ2) is 6.21. The molecule has 17 heavy (non-hydrogen) atoms. The number of hydrogen-bond donors (Lipinski definition) is 1. The first kappa shape index (κ1) is 14.3. The van der Waals surface area contributed by atoms with Gasteiger partial charge in [0.2, 0.25) is 5.91 Å². The summed E-state index contributed by atoms with van der Waals surface area (Å²) in [5, 5.41) is 3.10. The van der Waals surface area contributed by atoms with Crippen LogP contribution in [0.2, 0.25) is 0 Å². The first-order valence-corrected chi connectivity index (χ1v) is 5.79. The van der Waals surface area contributed by atoms with Gasteiger partial charge in [0, 0.05) is 26.2 Å². The summed E-state index contributed by atoms with van der Waals surface area (Å²) in [6, 6.07) is 0. The van der Waals surface area contributed by atoms with Crippen molar-refractivity contribution in [2.45, 2.75) is 12.8 Å². The van der Waals surface area contributed by atoms with E-state index in [4.69, 9.17) is 4.74 Å². The van der Waals surface area contributed by atoms with Crippen molar-refractivity contribution in [3.05, 3.63) is 0 Å². The van der Waals surface area contributed by atoms with E-state index in [1.165, 1.54) is 7.11 Å². The standard InChI is InChI=1S/C11H18N2O3.ClH/c1-16-11(15)8-2-4-13(5-3-8)10(14)9-6-12-7-9;/h8-9,12H,2-7H2,1H3;1H. The van der Waals surface area contributed by atoms with Crippen molar-refractivity contribution in [3.8, 4) is 0 Å². The summed E-state index contributed by atoms with van der Waals surface area (Å²) in [6.45, 7) is 2.98. The molecule has 0 aliphatic carbocycles. The van der Waals surface area contributed by atoms with E-state index in [0.29, 0.717) is 13.1 Å². The van der Waals surface area contributed by atoms with Gasteiger partial charge >= 0.3 is 5.97 Å². The second-order valence-corrected chi connectivity index (χ2v) is 4.48. The number of likely N-dealkylation sites (tertiary alicyclic amines) is 1. The van der Waals surface area contributed by atoms with Gasteiger partial charge < -0.3 is 15.0 Å². The van der Waals surface area contributed by atoms with Crippen molar-refractivity contribution < 1.29 is 14.3 Å². The maximum absolute atomic E-state index is 11.9. The average Bonchev–Trinajstić information content (AvgIpc) is 2.26. The van der Waals surface area contributed by atoms with Gasteiger partial charge in [-0.2, -0.15) is 0 Å². The maximum Gasteiger partial charge on any atom is 0.308 e. The number of ether oxygens (including phenoxy) is 1. The van der Waals surface area contributed by atoms with E-state index in [1.54, 1.807) is 0 Å². The predicted molar refractivity (Wildman–Crippen MR) is 64.9 cm³/mol. The third kappa shape index (κ3) is 3.10. The first-order valence-electron chi connectivity index (χ1n) is 5.79. The fraction of sp³-hybridized carbons (Fsp3) is 0.818. The number of rotatable bonds is 2. The number of carbonyl (C=O) groups is 2. The molecule has 6 heteroatoms. The van der Waals surface area contributed by atoms with Crippen molar-refractivity contribution in [1.82, 2.24) is 10.2 Å². The molecule has 0 saturated carbocycles. The summed E-state index contributed by atoms with van der Waals surface area (Å²) < 4.78 is 4.71. The highest BCUT2D eigenvalue weighted by molar-refractivity contribution is 5.85. The molecule has 2 heterocycles. The first-order chi connectivity index (χ1) is 7.72. The van der Waals surface area contributed by atoms with E-state index in [-0.39, 0.29) is 36.1 Å². The zero-order valence-electron chi connectivity index (χ0n) is 9.98. The van der Waals surface area contributed by atoms with Crippen molar-refractivity contribution in [3.63, 3.8) is 0 Å². The summed E-state index contributed by atoms with van der Waals surface area (Å²) in [4.78, 5) is 25.1. The van der Waals surface area contributed by atoms with E-state index < -0.39 is 0 Å². The molecule has 0 aromatic heterocycles. The lowest BCUT2D eigenvalue weighted by Crippen LogP contribution is -2.53. The number of hydrogen-bond acceptors (Lipinski definition) is 4. The summed E-state index contributed by atoms with van der Waals surface area (Å²) >= 11 is 0. The van der Waals surface area contributed by atoms with Crippen LogP contribution in [0, 0.1) is 11.8 Å². The fourth-order valence-electron chi connectivity index (χ4n) is 2.22. The Labute approximate surface area is 107 Å². The molecule has 0 unspecified atom stereocenters. The lowest BCUT2D eigenvalue weighted by molar-refractivity contribution is -0.150. The fourth-order valence-corrected chi connectivity index (χ4v) is 2.22. The molecule has 0 aromatic rings. The Morgan fingerprint density at radius 3 is 2.18 bits per heavy atom. The Balaban J connectivity index is 0.00000144. The Bertz CT molecular complexity index is 286. The molecule has 2 fully saturated rings. The highest BCUT2D eigenvalue weighted by Gasteiger charge is 2.33. The van der Waals surface area contributed by atoms with Crippen LogP contribution in [0.3, 0.4) is 0 Å². The third-order valence-corrected chi connectivity index (χ3v) is 3.47. The van der Waals surface area contributed by atoms with Crippen LogP contribution in [-0.2, 0) is 14.3 Å². The Kier molecular flexibility index (Phi) is 5.21. The van der Waals surface area contributed by atoms with E-state index in [0.717, 1.165) is 25.9 Å². The molecule has 0 aromatic carbocycles. The van der Waals surface area contributed by atoms with E-state index in [9.17, 15) is 9.59 Å². The Morgan fingerprint density at radius 1 is 1.18 bits per heavy atom. The molecule has 2 aliphatic heterocycles. The number of nitrogens with one attached hydrogen (secondary N) is 1. The van der Waals surface area contributed by atoms with Crippen molar-refractivity contribution in [2.75, 3.05) is 33.3 Å². The van der Waals surface area contributed by atoms with Crippen molar-refractivity contribution in [2.24, 2.45) is 11.8 Å². The summed E-state index contributed by atoms with van der Waals surface area (Å²) in [5.41, 5.74) is 0. The molecule has 1 N–H and O–H groups in total. The number of piperidine rings is 1. The van der Waals surface area contributed by atoms with Gasteiger partial charge in [-0.05, 0) is 12.8 Å². The van der Waals surface area contributed by atoms with Crippen LogP contribution in [0.1, 0.15) is 12.8 Å². The third-order valence-electron chi connectivity index (χ3n) is 3.47. The molecule has 0 spiro atoms. The smallest absolute Gasteiger partial charge is 0.308 e. The molecule has 0 atom stereocenters. The van der Waals surface area contributed by atoms with Crippen LogP contribution in [-0.4, -0.2) is 50.1 Å². The molecule has 98 valence electrons. The van der Waals surface area contributed by atoms with Gasteiger partial charge in [-0.25, -0.2) is 0 Å².